The number of nitrogens with zero attached hydrogens (tertiary/aromatic N) is 2. The third kappa shape index (κ3) is 3.19. The Morgan fingerprint density at radius 1 is 1.10 bits per heavy atom. The van der Waals surface area contributed by atoms with Crippen molar-refractivity contribution in [2.75, 3.05) is 4.72 Å². The summed E-state index contributed by atoms with van der Waals surface area (Å²) in [4.78, 5) is 0.233. The zero-order valence-electron chi connectivity index (χ0n) is 12.1. The van der Waals surface area contributed by atoms with E-state index in [2.05, 4.69) is 30.6 Å². The molecular formula is C14H19N3O2S. The van der Waals surface area contributed by atoms with E-state index in [1.165, 1.54) is 0 Å². The van der Waals surface area contributed by atoms with Crippen molar-refractivity contribution in [1.29, 1.82) is 0 Å². The summed E-state index contributed by atoms with van der Waals surface area (Å²) >= 11 is 0. The molecule has 0 atom stereocenters. The molecule has 2 rings (SSSR count). The normalized spacial score (nSPS) is 12.4. The molecule has 0 aliphatic carbocycles. The zero-order valence-corrected chi connectivity index (χ0v) is 12.9. The van der Waals surface area contributed by atoms with Crippen LogP contribution in [0.5, 0.6) is 0 Å². The van der Waals surface area contributed by atoms with E-state index in [9.17, 15) is 8.42 Å². The highest BCUT2D eigenvalue weighted by Crippen LogP contribution is 2.24. The van der Waals surface area contributed by atoms with Gasteiger partial charge in [0.25, 0.3) is 10.0 Å². The van der Waals surface area contributed by atoms with Crippen LogP contribution in [0.2, 0.25) is 0 Å². The number of rotatable bonds is 3. The molecule has 6 heteroatoms. The number of anilines is 1. The van der Waals surface area contributed by atoms with Gasteiger partial charge in [-0.25, -0.2) is 8.42 Å². The lowest BCUT2D eigenvalue weighted by Crippen LogP contribution is -2.15. The number of hydrogen-bond acceptors (Lipinski definition) is 3. The van der Waals surface area contributed by atoms with Crippen LogP contribution >= 0.6 is 0 Å². The quantitative estimate of drug-likeness (QED) is 0.945. The van der Waals surface area contributed by atoms with Gasteiger partial charge in [-0.15, -0.1) is 0 Å². The van der Waals surface area contributed by atoms with E-state index in [-0.39, 0.29) is 10.3 Å². The van der Waals surface area contributed by atoms with E-state index in [1.807, 2.05) is 12.1 Å². The fourth-order valence-corrected chi connectivity index (χ4v) is 2.80. The van der Waals surface area contributed by atoms with E-state index in [1.54, 1.807) is 36.1 Å². The van der Waals surface area contributed by atoms with Crippen LogP contribution in [0, 0.1) is 0 Å². The molecule has 20 heavy (non-hydrogen) atoms. The van der Waals surface area contributed by atoms with Gasteiger partial charge >= 0.3 is 0 Å². The highest BCUT2D eigenvalue weighted by molar-refractivity contribution is 7.92. The molecule has 0 saturated carbocycles. The Morgan fingerprint density at radius 2 is 1.70 bits per heavy atom. The minimum Gasteiger partial charge on any atom is -0.274 e. The SMILES string of the molecule is Cn1ccc(NS(=O)(=O)c2ccc(C(C)(C)C)cc2)n1. The van der Waals surface area contributed by atoms with Gasteiger partial charge < -0.3 is 0 Å². The summed E-state index contributed by atoms with van der Waals surface area (Å²) in [5, 5.41) is 4.00. The molecule has 1 aromatic carbocycles. The molecule has 0 radical (unpaired) electrons. The molecule has 1 heterocycles. The second-order valence-corrected chi connectivity index (χ2v) is 7.44. The van der Waals surface area contributed by atoms with Crippen LogP contribution in [0.15, 0.2) is 41.4 Å². The fourth-order valence-electron chi connectivity index (χ4n) is 1.80. The van der Waals surface area contributed by atoms with Crippen molar-refractivity contribution in [2.45, 2.75) is 31.1 Å². The maximum atomic E-state index is 12.2. The molecule has 0 fully saturated rings. The first-order chi connectivity index (χ1) is 9.18. The zero-order chi connectivity index (χ0) is 15.0. The van der Waals surface area contributed by atoms with Crippen molar-refractivity contribution in [3.8, 4) is 0 Å². The minimum atomic E-state index is -3.59. The number of nitrogens with one attached hydrogen (secondary N) is 1. The lowest BCUT2D eigenvalue weighted by Gasteiger charge is -2.19. The largest absolute Gasteiger partial charge is 0.274 e. The molecule has 0 aliphatic heterocycles. The maximum Gasteiger partial charge on any atom is 0.263 e. The van der Waals surface area contributed by atoms with E-state index in [0.717, 1.165) is 5.56 Å². The molecular weight excluding hydrogens is 274 g/mol. The molecule has 0 bridgehead atoms. The average molecular weight is 293 g/mol. The van der Waals surface area contributed by atoms with Gasteiger partial charge in [-0.1, -0.05) is 32.9 Å². The standard InChI is InChI=1S/C14H19N3O2S/c1-14(2,3)11-5-7-12(8-6-11)20(18,19)16-13-9-10-17(4)15-13/h5-10H,1-4H3,(H,15,16). The Balaban J connectivity index is 2.26. The Kier molecular flexibility index (Phi) is 3.60. The van der Waals surface area contributed by atoms with Gasteiger partial charge in [0, 0.05) is 19.3 Å². The molecule has 0 amide bonds. The van der Waals surface area contributed by atoms with E-state index < -0.39 is 10.0 Å². The summed E-state index contributed by atoms with van der Waals surface area (Å²) in [6.07, 6.45) is 1.68. The molecule has 108 valence electrons. The lowest BCUT2D eigenvalue weighted by atomic mass is 9.87. The minimum absolute atomic E-state index is 0.00327. The molecule has 2 aromatic rings. The van der Waals surface area contributed by atoms with Gasteiger partial charge in [0.05, 0.1) is 4.90 Å². The van der Waals surface area contributed by atoms with Crippen LogP contribution in [0.1, 0.15) is 26.3 Å². The van der Waals surface area contributed by atoms with E-state index >= 15 is 0 Å². The summed E-state index contributed by atoms with van der Waals surface area (Å²) in [6.45, 7) is 6.26. The van der Waals surface area contributed by atoms with Crippen molar-refractivity contribution in [2.24, 2.45) is 7.05 Å². The van der Waals surface area contributed by atoms with Crippen molar-refractivity contribution in [3.63, 3.8) is 0 Å². The molecule has 5 nitrogen and oxygen atoms in total. The summed E-state index contributed by atoms with van der Waals surface area (Å²) < 4.78 is 28.4. The lowest BCUT2D eigenvalue weighted by molar-refractivity contribution is 0.587. The van der Waals surface area contributed by atoms with Gasteiger partial charge in [0.15, 0.2) is 5.82 Å². The third-order valence-electron chi connectivity index (χ3n) is 2.98. The topological polar surface area (TPSA) is 64.0 Å². The second kappa shape index (κ2) is 4.94. The Morgan fingerprint density at radius 3 is 2.15 bits per heavy atom. The van der Waals surface area contributed by atoms with Crippen LogP contribution in [-0.2, 0) is 22.5 Å². The summed E-state index contributed by atoms with van der Waals surface area (Å²) in [5.41, 5.74) is 1.09. The first-order valence-electron chi connectivity index (χ1n) is 6.31. The van der Waals surface area contributed by atoms with Crippen LogP contribution < -0.4 is 4.72 Å². The Hall–Kier alpha value is -1.82. The Bertz CT molecular complexity index is 695. The van der Waals surface area contributed by atoms with Crippen molar-refractivity contribution >= 4 is 15.8 Å². The van der Waals surface area contributed by atoms with E-state index in [4.69, 9.17) is 0 Å². The molecule has 1 N–H and O–H groups in total. The molecule has 0 unspecified atom stereocenters. The predicted octanol–water partition coefficient (Wildman–Crippen LogP) is 2.52. The molecule has 0 spiro atoms. The van der Waals surface area contributed by atoms with Crippen LogP contribution in [0.3, 0.4) is 0 Å². The highest BCUT2D eigenvalue weighted by atomic mass is 32.2. The van der Waals surface area contributed by atoms with Crippen LogP contribution in [0.4, 0.5) is 5.82 Å². The highest BCUT2D eigenvalue weighted by Gasteiger charge is 2.18. The molecule has 1 aromatic heterocycles. The fraction of sp³-hybridized carbons (Fsp3) is 0.357. The van der Waals surface area contributed by atoms with Gasteiger partial charge in [-0.3, -0.25) is 9.40 Å². The molecule has 0 aliphatic rings. The monoisotopic (exact) mass is 293 g/mol. The molecule has 0 saturated heterocycles. The number of aryl methyl sites for hydroxylation is 1. The number of benzene rings is 1. The maximum absolute atomic E-state index is 12.2. The van der Waals surface area contributed by atoms with Crippen LogP contribution in [0.25, 0.3) is 0 Å². The number of aromatic nitrogens is 2. The first-order valence-corrected chi connectivity index (χ1v) is 7.80. The second-order valence-electron chi connectivity index (χ2n) is 5.75. The first kappa shape index (κ1) is 14.6. The number of hydrogen-bond donors (Lipinski definition) is 1. The third-order valence-corrected chi connectivity index (χ3v) is 4.35. The summed E-state index contributed by atoms with van der Waals surface area (Å²) in [6, 6.07) is 8.53. The smallest absolute Gasteiger partial charge is 0.263 e. The Labute approximate surface area is 119 Å². The van der Waals surface area contributed by atoms with Gasteiger partial charge in [0.2, 0.25) is 0 Å². The van der Waals surface area contributed by atoms with Gasteiger partial charge in [0.1, 0.15) is 0 Å². The van der Waals surface area contributed by atoms with Crippen molar-refractivity contribution in [1.82, 2.24) is 9.78 Å². The average Bonchev–Trinajstić information content (AvgIpc) is 2.73. The van der Waals surface area contributed by atoms with Crippen molar-refractivity contribution < 1.29 is 8.42 Å². The number of sulfonamides is 1. The summed E-state index contributed by atoms with van der Waals surface area (Å²) in [7, 11) is -1.86. The predicted molar refractivity (Wildman–Crippen MR) is 79.2 cm³/mol. The van der Waals surface area contributed by atoms with E-state index in [0.29, 0.717) is 5.82 Å². The summed E-state index contributed by atoms with van der Waals surface area (Å²) in [5.74, 6) is 0.312. The van der Waals surface area contributed by atoms with Crippen molar-refractivity contribution in [3.05, 3.63) is 42.1 Å². The van der Waals surface area contributed by atoms with Gasteiger partial charge in [-0.2, -0.15) is 5.10 Å². The van der Waals surface area contributed by atoms with Crippen LogP contribution in [-0.4, -0.2) is 18.2 Å². The van der Waals surface area contributed by atoms with Gasteiger partial charge in [-0.05, 0) is 23.1 Å².